The van der Waals surface area contributed by atoms with Crippen LogP contribution in [0.15, 0.2) is 60.8 Å². The topological polar surface area (TPSA) is 78.9 Å². The van der Waals surface area contributed by atoms with Crippen molar-refractivity contribution in [3.8, 4) is 0 Å². The highest BCUT2D eigenvalue weighted by Gasteiger charge is 2.19. The zero-order chi connectivity index (χ0) is 46.5. The van der Waals surface area contributed by atoms with Crippen molar-refractivity contribution in [1.82, 2.24) is 0 Å². The normalized spacial score (nSPS) is 12.5. The first kappa shape index (κ1) is 61.1. The first-order valence-electron chi connectivity index (χ1n) is 27.3. The quantitative estimate of drug-likeness (QED) is 0.0262. The zero-order valence-electron chi connectivity index (χ0n) is 42.3. The van der Waals surface area contributed by atoms with Crippen LogP contribution in [0.4, 0.5) is 0 Å². The summed E-state index contributed by atoms with van der Waals surface area (Å²) in [7, 11) is 0. The molecule has 0 N–H and O–H groups in total. The van der Waals surface area contributed by atoms with Gasteiger partial charge in [-0.2, -0.15) is 0 Å². The van der Waals surface area contributed by atoms with Crippen molar-refractivity contribution in [2.24, 2.45) is 0 Å². The maximum Gasteiger partial charge on any atom is 0.306 e. The summed E-state index contributed by atoms with van der Waals surface area (Å²) in [5, 5.41) is 0. The van der Waals surface area contributed by atoms with Gasteiger partial charge < -0.3 is 14.2 Å². The van der Waals surface area contributed by atoms with Crippen molar-refractivity contribution in [2.75, 3.05) is 13.2 Å². The van der Waals surface area contributed by atoms with Crippen LogP contribution in [0.5, 0.6) is 0 Å². The Balaban J connectivity index is 4.37. The SMILES string of the molecule is CC/C=C\C/C=C\C/C=C\C/C=C\CCCCCCCCC(=O)OCC(COC(=O)CCCCCCCCCCCCCC)OC(=O)CCCCCCCCC/C=C\CCCCCC. The van der Waals surface area contributed by atoms with Crippen LogP contribution in [-0.4, -0.2) is 37.2 Å². The van der Waals surface area contributed by atoms with Crippen LogP contribution in [0.3, 0.4) is 0 Å². The van der Waals surface area contributed by atoms with Crippen LogP contribution in [-0.2, 0) is 28.6 Å². The lowest BCUT2D eigenvalue weighted by Gasteiger charge is -2.18. The van der Waals surface area contributed by atoms with Crippen LogP contribution in [0, 0.1) is 0 Å². The first-order valence-corrected chi connectivity index (χ1v) is 27.3. The molecule has 0 aromatic carbocycles. The van der Waals surface area contributed by atoms with Gasteiger partial charge in [-0.05, 0) is 83.5 Å². The molecule has 1 atom stereocenters. The molecule has 0 aliphatic rings. The van der Waals surface area contributed by atoms with Gasteiger partial charge in [0.25, 0.3) is 0 Å². The predicted octanol–water partition coefficient (Wildman–Crippen LogP) is 18.0. The fraction of sp³-hybridized carbons (Fsp3) is 0.776. The minimum Gasteiger partial charge on any atom is -0.462 e. The third-order valence-corrected chi connectivity index (χ3v) is 11.8. The molecule has 0 saturated carbocycles. The van der Waals surface area contributed by atoms with Crippen molar-refractivity contribution in [2.45, 2.75) is 277 Å². The summed E-state index contributed by atoms with van der Waals surface area (Å²) >= 11 is 0. The number of carbonyl (C=O) groups excluding carboxylic acids is 3. The molecule has 0 bridgehead atoms. The first-order chi connectivity index (χ1) is 31.5. The summed E-state index contributed by atoms with van der Waals surface area (Å²) < 4.78 is 16.8. The second kappa shape index (κ2) is 52.7. The average molecular weight is 895 g/mol. The van der Waals surface area contributed by atoms with Gasteiger partial charge in [-0.25, -0.2) is 0 Å². The molecule has 0 rings (SSSR count). The molecule has 0 aliphatic heterocycles. The van der Waals surface area contributed by atoms with E-state index in [2.05, 4.69) is 81.5 Å². The number of unbranched alkanes of at least 4 members (excludes halogenated alkanes) is 28. The highest BCUT2D eigenvalue weighted by atomic mass is 16.6. The van der Waals surface area contributed by atoms with Crippen molar-refractivity contribution in [3.63, 3.8) is 0 Å². The lowest BCUT2D eigenvalue weighted by atomic mass is 10.0. The second-order valence-corrected chi connectivity index (χ2v) is 18.1. The van der Waals surface area contributed by atoms with Crippen molar-refractivity contribution < 1.29 is 28.6 Å². The van der Waals surface area contributed by atoms with Gasteiger partial charge in [0.15, 0.2) is 6.10 Å². The number of rotatable bonds is 49. The summed E-state index contributed by atoms with van der Waals surface area (Å²) in [6, 6.07) is 0. The number of esters is 3. The zero-order valence-corrected chi connectivity index (χ0v) is 42.3. The van der Waals surface area contributed by atoms with E-state index >= 15 is 0 Å². The molecule has 0 fully saturated rings. The van der Waals surface area contributed by atoms with E-state index in [4.69, 9.17) is 14.2 Å². The fourth-order valence-corrected chi connectivity index (χ4v) is 7.66. The van der Waals surface area contributed by atoms with E-state index in [1.54, 1.807) is 0 Å². The lowest BCUT2D eigenvalue weighted by Crippen LogP contribution is -2.30. The van der Waals surface area contributed by atoms with E-state index < -0.39 is 6.10 Å². The molecule has 0 saturated heterocycles. The molecule has 0 heterocycles. The van der Waals surface area contributed by atoms with E-state index in [0.717, 1.165) is 89.9 Å². The van der Waals surface area contributed by atoms with E-state index in [0.29, 0.717) is 19.3 Å². The Morgan fingerprint density at radius 3 is 0.984 bits per heavy atom. The van der Waals surface area contributed by atoms with Gasteiger partial charge in [0.1, 0.15) is 13.2 Å². The van der Waals surface area contributed by atoms with Crippen molar-refractivity contribution >= 4 is 17.9 Å². The summed E-state index contributed by atoms with van der Waals surface area (Å²) in [6.07, 6.45) is 64.8. The standard InChI is InChI=1S/C58H102O6/c1-4-7-10-13-16-19-22-25-27-28-29-30-32-33-36-39-42-45-48-51-57(60)63-54-55(53-62-56(59)50-47-44-41-38-35-24-21-18-15-12-9-6-3)64-58(61)52-49-46-43-40-37-34-31-26-23-20-17-14-11-8-5-2/h7,10,16,19-20,23,25,27,29-30,55H,4-6,8-9,11-15,17-18,21-22,24,26,28,31-54H2,1-3H3/b10-7-,19-16-,23-20-,27-25-,30-29-. The molecule has 0 aliphatic carbocycles. The molecule has 6 heteroatoms. The van der Waals surface area contributed by atoms with E-state index in [-0.39, 0.29) is 31.1 Å². The highest BCUT2D eigenvalue weighted by molar-refractivity contribution is 5.71. The second-order valence-electron chi connectivity index (χ2n) is 18.1. The fourth-order valence-electron chi connectivity index (χ4n) is 7.66. The number of hydrogen-bond donors (Lipinski definition) is 0. The minimum absolute atomic E-state index is 0.0783. The molecule has 0 aromatic rings. The number of carbonyl (C=O) groups is 3. The van der Waals surface area contributed by atoms with E-state index in [1.807, 2.05) is 0 Å². The summed E-state index contributed by atoms with van der Waals surface area (Å²) in [6.45, 7) is 6.51. The van der Waals surface area contributed by atoms with E-state index in [9.17, 15) is 14.4 Å². The molecular formula is C58H102O6. The third kappa shape index (κ3) is 50.1. The minimum atomic E-state index is -0.780. The monoisotopic (exact) mass is 895 g/mol. The Morgan fingerprint density at radius 2 is 0.609 bits per heavy atom. The van der Waals surface area contributed by atoms with Crippen LogP contribution >= 0.6 is 0 Å². The summed E-state index contributed by atoms with van der Waals surface area (Å²) in [4.78, 5) is 38.0. The van der Waals surface area contributed by atoms with Crippen LogP contribution in [0.2, 0.25) is 0 Å². The largest absolute Gasteiger partial charge is 0.462 e. The third-order valence-electron chi connectivity index (χ3n) is 11.8. The van der Waals surface area contributed by atoms with Crippen LogP contribution < -0.4 is 0 Å². The van der Waals surface area contributed by atoms with Gasteiger partial charge in [0, 0.05) is 19.3 Å². The van der Waals surface area contributed by atoms with Crippen LogP contribution in [0.25, 0.3) is 0 Å². The Kier molecular flexibility index (Phi) is 50.4. The molecule has 370 valence electrons. The summed E-state index contributed by atoms with van der Waals surface area (Å²) in [5.74, 6) is -0.889. The molecule has 0 amide bonds. The van der Waals surface area contributed by atoms with Gasteiger partial charge in [-0.1, -0.05) is 229 Å². The summed E-state index contributed by atoms with van der Waals surface area (Å²) in [5.41, 5.74) is 0. The molecular weight excluding hydrogens is 793 g/mol. The predicted molar refractivity (Wildman–Crippen MR) is 275 cm³/mol. The average Bonchev–Trinajstić information content (AvgIpc) is 3.29. The highest BCUT2D eigenvalue weighted by Crippen LogP contribution is 2.15. The number of ether oxygens (including phenoxy) is 3. The van der Waals surface area contributed by atoms with E-state index in [1.165, 1.54) is 141 Å². The van der Waals surface area contributed by atoms with Gasteiger partial charge in [-0.15, -0.1) is 0 Å². The number of hydrogen-bond acceptors (Lipinski definition) is 6. The Hall–Kier alpha value is -2.89. The Labute approximate surface area is 396 Å². The van der Waals surface area contributed by atoms with Gasteiger partial charge >= 0.3 is 17.9 Å². The molecule has 64 heavy (non-hydrogen) atoms. The molecule has 0 spiro atoms. The molecule has 1 unspecified atom stereocenters. The Morgan fingerprint density at radius 1 is 0.328 bits per heavy atom. The van der Waals surface area contributed by atoms with Crippen molar-refractivity contribution in [1.29, 1.82) is 0 Å². The molecule has 0 radical (unpaired) electrons. The number of allylic oxidation sites excluding steroid dienone is 10. The maximum atomic E-state index is 12.8. The molecule has 0 aromatic heterocycles. The van der Waals surface area contributed by atoms with Gasteiger partial charge in [-0.3, -0.25) is 14.4 Å². The maximum absolute atomic E-state index is 12.8. The van der Waals surface area contributed by atoms with Crippen LogP contribution in [0.1, 0.15) is 271 Å². The smallest absolute Gasteiger partial charge is 0.306 e. The Bertz CT molecular complexity index is 1170. The molecule has 6 nitrogen and oxygen atoms in total. The van der Waals surface area contributed by atoms with Crippen molar-refractivity contribution in [3.05, 3.63) is 60.8 Å². The van der Waals surface area contributed by atoms with Gasteiger partial charge in [0.05, 0.1) is 0 Å². The van der Waals surface area contributed by atoms with Gasteiger partial charge in [0.2, 0.25) is 0 Å². The lowest BCUT2D eigenvalue weighted by molar-refractivity contribution is -0.167.